The summed E-state index contributed by atoms with van der Waals surface area (Å²) in [6, 6.07) is -0.182. The maximum Gasteiger partial charge on any atom is 0.329 e. The summed E-state index contributed by atoms with van der Waals surface area (Å²) < 4.78 is 1.31. The highest BCUT2D eigenvalue weighted by Gasteiger charge is 2.26. The number of nitrogens with one attached hydrogen (secondary N) is 1. The maximum absolute atomic E-state index is 12.7. The van der Waals surface area contributed by atoms with Crippen LogP contribution in [-0.4, -0.2) is 35.1 Å². The Morgan fingerprint density at radius 3 is 2.50 bits per heavy atom. The number of hydrogen-bond donors (Lipinski definition) is 1. The molecule has 2 rings (SSSR count). The topological polar surface area (TPSA) is 58.1 Å². The van der Waals surface area contributed by atoms with E-state index < -0.39 is 5.69 Å². The molecule has 0 amide bonds. The summed E-state index contributed by atoms with van der Waals surface area (Å²) in [5.41, 5.74) is -0.0505. The van der Waals surface area contributed by atoms with Crippen LogP contribution in [0.4, 0.5) is 0 Å². The molecule has 1 unspecified atom stereocenters. The highest BCUT2D eigenvalue weighted by Crippen LogP contribution is 2.34. The van der Waals surface area contributed by atoms with Crippen LogP contribution in [0.3, 0.4) is 0 Å². The Labute approximate surface area is 123 Å². The normalized spacial score (nSPS) is 17.9. The van der Waals surface area contributed by atoms with Gasteiger partial charge in [0.2, 0.25) is 0 Å². The van der Waals surface area contributed by atoms with E-state index in [2.05, 4.69) is 4.98 Å². The van der Waals surface area contributed by atoms with Crippen molar-refractivity contribution >= 4 is 11.6 Å². The summed E-state index contributed by atoms with van der Waals surface area (Å²) in [5.74, 6) is 0.185. The number of H-pyrrole nitrogens is 1. The van der Waals surface area contributed by atoms with Crippen molar-refractivity contribution in [2.75, 3.05) is 20.6 Å². The third-order valence-electron chi connectivity index (χ3n) is 3.95. The van der Waals surface area contributed by atoms with Crippen molar-refractivity contribution in [3.05, 3.63) is 31.6 Å². The third kappa shape index (κ3) is 2.99. The van der Waals surface area contributed by atoms with Gasteiger partial charge in [-0.2, -0.15) is 0 Å². The van der Waals surface area contributed by atoms with E-state index in [1.54, 1.807) is 0 Å². The summed E-state index contributed by atoms with van der Waals surface area (Å²) in [6.07, 6.45) is 4.19. The van der Waals surface area contributed by atoms with E-state index >= 15 is 0 Å². The lowest BCUT2D eigenvalue weighted by molar-refractivity contribution is 0.325. The van der Waals surface area contributed by atoms with E-state index in [0.29, 0.717) is 12.1 Å². The highest BCUT2D eigenvalue weighted by molar-refractivity contribution is 6.30. The predicted octanol–water partition coefficient (Wildman–Crippen LogP) is 1.97. The SMILES string of the molecule is CC(CN(C)C)n1c(=O)[nH]c(Cl)c(C2CCCC2)c1=O. The Morgan fingerprint density at radius 2 is 1.95 bits per heavy atom. The molecule has 20 heavy (non-hydrogen) atoms. The van der Waals surface area contributed by atoms with Gasteiger partial charge < -0.3 is 4.90 Å². The number of aromatic nitrogens is 2. The molecule has 1 aromatic heterocycles. The molecular weight excluding hydrogens is 278 g/mol. The molecule has 0 bridgehead atoms. The Kier molecular flexibility index (Phi) is 4.70. The highest BCUT2D eigenvalue weighted by atomic mass is 35.5. The van der Waals surface area contributed by atoms with Gasteiger partial charge in [-0.25, -0.2) is 4.79 Å². The minimum Gasteiger partial charge on any atom is -0.307 e. The number of aromatic amines is 1. The summed E-state index contributed by atoms with van der Waals surface area (Å²) in [6.45, 7) is 2.51. The van der Waals surface area contributed by atoms with Crippen molar-refractivity contribution in [2.24, 2.45) is 0 Å². The molecule has 1 aliphatic rings. The Morgan fingerprint density at radius 1 is 1.35 bits per heavy atom. The molecule has 0 spiro atoms. The fraction of sp³-hybridized carbons (Fsp3) is 0.714. The van der Waals surface area contributed by atoms with Crippen molar-refractivity contribution in [2.45, 2.75) is 44.6 Å². The first-order chi connectivity index (χ1) is 9.41. The zero-order valence-electron chi connectivity index (χ0n) is 12.3. The zero-order chi connectivity index (χ0) is 14.9. The molecule has 0 saturated heterocycles. The van der Waals surface area contributed by atoms with Gasteiger partial charge in [0, 0.05) is 6.54 Å². The van der Waals surface area contributed by atoms with Gasteiger partial charge in [-0.1, -0.05) is 24.4 Å². The van der Waals surface area contributed by atoms with Gasteiger partial charge in [0.05, 0.1) is 11.6 Å². The van der Waals surface area contributed by atoms with Gasteiger partial charge in [-0.05, 0) is 39.8 Å². The molecule has 5 nitrogen and oxygen atoms in total. The lowest BCUT2D eigenvalue weighted by atomic mass is 10.0. The van der Waals surface area contributed by atoms with Crippen molar-refractivity contribution in [1.29, 1.82) is 0 Å². The molecule has 1 fully saturated rings. The minimum atomic E-state index is -0.420. The molecule has 1 aromatic rings. The fourth-order valence-electron chi connectivity index (χ4n) is 3.12. The molecule has 0 aromatic carbocycles. The van der Waals surface area contributed by atoms with Crippen molar-refractivity contribution < 1.29 is 0 Å². The zero-order valence-corrected chi connectivity index (χ0v) is 13.0. The largest absolute Gasteiger partial charge is 0.329 e. The Hall–Kier alpha value is -1.07. The van der Waals surface area contributed by atoms with E-state index in [9.17, 15) is 9.59 Å². The number of rotatable bonds is 4. The van der Waals surface area contributed by atoms with Crippen LogP contribution in [0.1, 0.15) is 50.1 Å². The first-order valence-electron chi connectivity index (χ1n) is 7.10. The Balaban J connectivity index is 2.49. The van der Waals surface area contributed by atoms with Crippen LogP contribution in [0.25, 0.3) is 0 Å². The van der Waals surface area contributed by atoms with E-state index in [1.165, 1.54) is 4.57 Å². The van der Waals surface area contributed by atoms with Gasteiger partial charge in [0.1, 0.15) is 5.15 Å². The molecule has 1 saturated carbocycles. The summed E-state index contributed by atoms with van der Waals surface area (Å²) in [5, 5.41) is 0.222. The predicted molar refractivity (Wildman–Crippen MR) is 80.8 cm³/mol. The van der Waals surface area contributed by atoms with Gasteiger partial charge in [-0.3, -0.25) is 14.3 Å². The number of halogens is 1. The maximum atomic E-state index is 12.7. The number of nitrogens with zero attached hydrogens (tertiary/aromatic N) is 2. The van der Waals surface area contributed by atoms with Crippen LogP contribution in [0.2, 0.25) is 5.15 Å². The molecule has 6 heteroatoms. The van der Waals surface area contributed by atoms with E-state index in [1.807, 2.05) is 25.9 Å². The summed E-state index contributed by atoms with van der Waals surface area (Å²) in [4.78, 5) is 29.3. The van der Waals surface area contributed by atoms with Crippen molar-refractivity contribution in [3.63, 3.8) is 0 Å². The second-order valence-electron chi connectivity index (χ2n) is 5.93. The van der Waals surface area contributed by atoms with E-state index in [-0.39, 0.29) is 22.7 Å². The van der Waals surface area contributed by atoms with Crippen LogP contribution in [0.15, 0.2) is 9.59 Å². The molecule has 1 heterocycles. The second kappa shape index (κ2) is 6.14. The van der Waals surface area contributed by atoms with Gasteiger partial charge in [-0.15, -0.1) is 0 Å². The minimum absolute atomic E-state index is 0.182. The lowest BCUT2D eigenvalue weighted by Crippen LogP contribution is -2.42. The van der Waals surface area contributed by atoms with E-state index in [0.717, 1.165) is 25.7 Å². The van der Waals surface area contributed by atoms with E-state index in [4.69, 9.17) is 11.6 Å². The van der Waals surface area contributed by atoms with Crippen LogP contribution in [0, 0.1) is 0 Å². The molecule has 1 atom stereocenters. The molecular formula is C14H22ClN3O2. The van der Waals surface area contributed by atoms with Gasteiger partial charge >= 0.3 is 5.69 Å². The number of likely N-dealkylation sites (N-methyl/N-ethyl adjacent to an activating group) is 1. The first kappa shape index (κ1) is 15.3. The van der Waals surface area contributed by atoms with Crippen LogP contribution < -0.4 is 11.2 Å². The van der Waals surface area contributed by atoms with Crippen LogP contribution in [-0.2, 0) is 0 Å². The molecule has 112 valence electrons. The molecule has 0 aliphatic heterocycles. The van der Waals surface area contributed by atoms with Crippen molar-refractivity contribution in [3.8, 4) is 0 Å². The lowest BCUT2D eigenvalue weighted by Gasteiger charge is -2.20. The average molecular weight is 300 g/mol. The quantitative estimate of drug-likeness (QED) is 0.865. The average Bonchev–Trinajstić information content (AvgIpc) is 2.80. The summed E-state index contributed by atoms with van der Waals surface area (Å²) >= 11 is 6.12. The first-order valence-corrected chi connectivity index (χ1v) is 7.48. The van der Waals surface area contributed by atoms with Gasteiger partial charge in [0.25, 0.3) is 5.56 Å². The Bertz CT molecular complexity index is 585. The standard InChI is InChI=1S/C14H22ClN3O2/c1-9(8-17(2)3)18-13(19)11(10-6-4-5-7-10)12(15)16-14(18)20/h9-10H,4-8H2,1-3H3,(H,16,20). The van der Waals surface area contributed by atoms with Gasteiger partial charge in [0.15, 0.2) is 0 Å². The monoisotopic (exact) mass is 299 g/mol. The molecule has 0 radical (unpaired) electrons. The van der Waals surface area contributed by atoms with Crippen LogP contribution in [0.5, 0.6) is 0 Å². The van der Waals surface area contributed by atoms with Crippen molar-refractivity contribution in [1.82, 2.24) is 14.5 Å². The second-order valence-corrected chi connectivity index (χ2v) is 6.30. The van der Waals surface area contributed by atoms with Crippen LogP contribution >= 0.6 is 11.6 Å². The third-order valence-corrected chi connectivity index (χ3v) is 4.25. The summed E-state index contributed by atoms with van der Waals surface area (Å²) in [7, 11) is 3.84. The number of hydrogen-bond acceptors (Lipinski definition) is 3. The fourth-order valence-corrected chi connectivity index (χ4v) is 3.43. The molecule has 1 N–H and O–H groups in total. The molecule has 1 aliphatic carbocycles. The smallest absolute Gasteiger partial charge is 0.307 e.